The number of nitrogens with zero attached hydrogens (tertiary/aromatic N) is 4. The van der Waals surface area contributed by atoms with Crippen molar-refractivity contribution in [2.24, 2.45) is 0 Å². The summed E-state index contributed by atoms with van der Waals surface area (Å²) in [5.41, 5.74) is 12.2. The number of hydrogen-bond acceptors (Lipinski definition) is 4. The van der Waals surface area contributed by atoms with Crippen LogP contribution in [0.25, 0.3) is 77.3 Å². The summed E-state index contributed by atoms with van der Waals surface area (Å²) in [4.78, 5) is 19.9. The Kier molecular flexibility index (Phi) is 5.54. The number of aryl methyl sites for hydroxylation is 2. The van der Waals surface area contributed by atoms with E-state index in [0.717, 1.165) is 77.3 Å². The molecule has 0 amide bonds. The fourth-order valence-electron chi connectivity index (χ4n) is 5.65. The van der Waals surface area contributed by atoms with Crippen molar-refractivity contribution in [1.82, 2.24) is 19.9 Å². The lowest BCUT2D eigenvalue weighted by Crippen LogP contribution is -1.91. The van der Waals surface area contributed by atoms with E-state index in [0.29, 0.717) is 0 Å². The number of rotatable bonds is 3. The third-order valence-electron chi connectivity index (χ3n) is 8.05. The van der Waals surface area contributed by atoms with Crippen LogP contribution in [0.1, 0.15) is 11.1 Å². The first-order chi connectivity index (χ1) is 20.6. The predicted molar refractivity (Wildman–Crippen MR) is 173 cm³/mol. The summed E-state index contributed by atoms with van der Waals surface area (Å²) >= 11 is 0. The maximum absolute atomic E-state index is 5.03. The second-order valence-corrected chi connectivity index (χ2v) is 11.0. The van der Waals surface area contributed by atoms with E-state index in [1.54, 1.807) is 0 Å². The molecule has 0 saturated carbocycles. The minimum atomic E-state index is 0.901. The molecule has 198 valence electrons. The van der Waals surface area contributed by atoms with Gasteiger partial charge in [0.2, 0.25) is 0 Å². The maximum Gasteiger partial charge on any atom is 0.0972 e. The molecule has 4 nitrogen and oxygen atoms in total. The van der Waals surface area contributed by atoms with Gasteiger partial charge in [0.15, 0.2) is 0 Å². The summed E-state index contributed by atoms with van der Waals surface area (Å²) in [5.74, 6) is 0. The van der Waals surface area contributed by atoms with Gasteiger partial charge in [-0.05, 0) is 38.1 Å². The Morgan fingerprint density at radius 1 is 0.357 bits per heavy atom. The van der Waals surface area contributed by atoms with Crippen LogP contribution in [0.5, 0.6) is 0 Å². The van der Waals surface area contributed by atoms with Gasteiger partial charge in [-0.15, -0.1) is 0 Å². The van der Waals surface area contributed by atoms with Gasteiger partial charge in [-0.3, -0.25) is 9.97 Å². The van der Waals surface area contributed by atoms with Crippen LogP contribution in [0, 0.1) is 13.8 Å². The number of aromatic nitrogens is 4. The van der Waals surface area contributed by atoms with Crippen LogP contribution in [0.4, 0.5) is 0 Å². The third kappa shape index (κ3) is 4.16. The average Bonchev–Trinajstić information content (AvgIpc) is 3.04. The highest BCUT2D eigenvalue weighted by atomic mass is 14.8. The molecule has 0 aliphatic rings. The van der Waals surface area contributed by atoms with Gasteiger partial charge in [-0.1, -0.05) is 96.1 Å². The number of benzene rings is 4. The molecule has 4 aromatic carbocycles. The van der Waals surface area contributed by atoms with Crippen LogP contribution in [0.15, 0.2) is 122 Å². The minimum absolute atomic E-state index is 0.901. The minimum Gasteiger partial charge on any atom is -0.253 e. The van der Waals surface area contributed by atoms with Gasteiger partial charge in [-0.2, -0.15) is 0 Å². The van der Waals surface area contributed by atoms with Gasteiger partial charge in [0.25, 0.3) is 0 Å². The second-order valence-electron chi connectivity index (χ2n) is 11.0. The first-order valence-corrected chi connectivity index (χ1v) is 14.1. The summed E-state index contributed by atoms with van der Waals surface area (Å²) in [6.45, 7) is 4.19. The van der Waals surface area contributed by atoms with Crippen LogP contribution in [-0.4, -0.2) is 19.9 Å². The van der Waals surface area contributed by atoms with Gasteiger partial charge >= 0.3 is 0 Å². The summed E-state index contributed by atoms with van der Waals surface area (Å²) in [6.07, 6.45) is 3.86. The summed E-state index contributed by atoms with van der Waals surface area (Å²) in [7, 11) is 0. The average molecular weight is 539 g/mol. The molecule has 4 heterocycles. The monoisotopic (exact) mass is 538 g/mol. The van der Waals surface area contributed by atoms with Crippen molar-refractivity contribution >= 4 is 43.6 Å². The van der Waals surface area contributed by atoms with Crippen molar-refractivity contribution in [2.75, 3.05) is 0 Å². The van der Waals surface area contributed by atoms with Crippen LogP contribution in [0.2, 0.25) is 0 Å². The highest BCUT2D eigenvalue weighted by molar-refractivity contribution is 6.06. The highest BCUT2D eigenvalue weighted by Gasteiger charge is 2.11. The molecule has 0 N–H and O–H groups in total. The van der Waals surface area contributed by atoms with Gasteiger partial charge in [0.05, 0.1) is 33.5 Å². The fourth-order valence-corrected chi connectivity index (χ4v) is 5.65. The quantitative estimate of drug-likeness (QED) is 0.210. The van der Waals surface area contributed by atoms with E-state index < -0.39 is 0 Å². The number of pyridine rings is 4. The van der Waals surface area contributed by atoms with Crippen molar-refractivity contribution in [3.05, 3.63) is 133 Å². The van der Waals surface area contributed by atoms with Crippen molar-refractivity contribution in [1.29, 1.82) is 0 Å². The summed E-state index contributed by atoms with van der Waals surface area (Å²) < 4.78 is 0. The highest BCUT2D eigenvalue weighted by Crippen LogP contribution is 2.32. The van der Waals surface area contributed by atoms with Crippen LogP contribution >= 0.6 is 0 Å². The molecule has 0 radical (unpaired) electrons. The SMILES string of the molecule is Cc1ccc(-c2ccc3ccc4cc(-c5cnc6c(ccc7ccc(-c8ccc(C)cc8)nc76)c5)cnc4c3n2)cc1. The zero-order chi connectivity index (χ0) is 28.2. The Balaban J connectivity index is 1.20. The Morgan fingerprint density at radius 3 is 1.17 bits per heavy atom. The predicted octanol–water partition coefficient (Wildman–Crippen LogP) is 9.50. The smallest absolute Gasteiger partial charge is 0.0972 e. The summed E-state index contributed by atoms with van der Waals surface area (Å²) in [6, 6.07) is 38.2. The van der Waals surface area contributed by atoms with Crippen molar-refractivity contribution < 1.29 is 0 Å². The molecule has 8 rings (SSSR count). The molecule has 42 heavy (non-hydrogen) atoms. The molecule has 0 bridgehead atoms. The number of fused-ring (bicyclic) bond motifs is 6. The van der Waals surface area contributed by atoms with Crippen LogP contribution in [0.3, 0.4) is 0 Å². The first kappa shape index (κ1) is 24.3. The van der Waals surface area contributed by atoms with E-state index >= 15 is 0 Å². The topological polar surface area (TPSA) is 51.6 Å². The van der Waals surface area contributed by atoms with Gasteiger partial charge in [-0.25, -0.2) is 9.97 Å². The van der Waals surface area contributed by atoms with Gasteiger partial charge in [0.1, 0.15) is 0 Å². The molecule has 0 atom stereocenters. The van der Waals surface area contributed by atoms with E-state index in [1.807, 2.05) is 12.4 Å². The molecule has 0 unspecified atom stereocenters. The van der Waals surface area contributed by atoms with Crippen molar-refractivity contribution in [3.63, 3.8) is 0 Å². The van der Waals surface area contributed by atoms with Crippen LogP contribution in [-0.2, 0) is 0 Å². The van der Waals surface area contributed by atoms with E-state index in [1.165, 1.54) is 11.1 Å². The molecule has 4 heteroatoms. The third-order valence-corrected chi connectivity index (χ3v) is 8.05. The zero-order valence-corrected chi connectivity index (χ0v) is 23.3. The van der Waals surface area contributed by atoms with Crippen LogP contribution < -0.4 is 0 Å². The Bertz CT molecular complexity index is 2140. The zero-order valence-electron chi connectivity index (χ0n) is 23.3. The van der Waals surface area contributed by atoms with E-state index in [-0.39, 0.29) is 0 Å². The van der Waals surface area contributed by atoms with E-state index in [4.69, 9.17) is 19.9 Å². The second kappa shape index (κ2) is 9.57. The lowest BCUT2D eigenvalue weighted by Gasteiger charge is -2.10. The van der Waals surface area contributed by atoms with Gasteiger partial charge in [0, 0.05) is 56.2 Å². The Labute approximate surface area is 243 Å². The molecular weight excluding hydrogens is 512 g/mol. The van der Waals surface area contributed by atoms with E-state index in [2.05, 4.69) is 123 Å². The summed E-state index contributed by atoms with van der Waals surface area (Å²) in [5, 5.41) is 4.26. The normalized spacial score (nSPS) is 11.6. The lowest BCUT2D eigenvalue weighted by atomic mass is 10.0. The Hall–Kier alpha value is -5.48. The lowest BCUT2D eigenvalue weighted by molar-refractivity contribution is 1.35. The molecule has 0 aliphatic heterocycles. The van der Waals surface area contributed by atoms with Crippen molar-refractivity contribution in [3.8, 4) is 33.6 Å². The molecule has 0 saturated heterocycles. The number of hydrogen-bond donors (Lipinski definition) is 0. The molecule has 0 fully saturated rings. The molecule has 0 spiro atoms. The molecule has 0 aliphatic carbocycles. The maximum atomic E-state index is 5.03. The Morgan fingerprint density at radius 2 is 0.738 bits per heavy atom. The van der Waals surface area contributed by atoms with Gasteiger partial charge < -0.3 is 0 Å². The largest absolute Gasteiger partial charge is 0.253 e. The fraction of sp³-hybridized carbons (Fsp3) is 0.0526. The molecule has 8 aromatic rings. The molecule has 4 aromatic heterocycles. The standard InChI is InChI=1S/C38H26N4/c1-23-3-7-25(8-4-23)33-17-15-27-11-13-29-19-31(21-39-35(29)37(27)41-33)32-20-30-14-12-28-16-18-34(26-9-5-24(2)6-10-26)42-38(28)36(30)40-22-32/h3-22H,1-2H3. The van der Waals surface area contributed by atoms with Crippen molar-refractivity contribution in [2.45, 2.75) is 13.8 Å². The van der Waals surface area contributed by atoms with E-state index in [9.17, 15) is 0 Å². The first-order valence-electron chi connectivity index (χ1n) is 14.1. The molecular formula is C38H26N4.